The molecule has 3 nitrogen and oxygen atoms in total. The molecule has 0 radical (unpaired) electrons. The average molecular weight is 253 g/mol. The largest absolute Gasteiger partial charge is 0.481 e. The fourth-order valence-corrected chi connectivity index (χ4v) is 2.72. The number of hydrogen-bond acceptors (Lipinski definition) is 2. The van der Waals surface area contributed by atoms with E-state index in [0.29, 0.717) is 19.4 Å². The molecule has 1 N–H and O–H groups in total. The van der Waals surface area contributed by atoms with Gasteiger partial charge >= 0.3 is 5.97 Å². The molecule has 0 spiro atoms. The molecule has 86 valence electrons. The lowest BCUT2D eigenvalue weighted by molar-refractivity contribution is -0.148. The van der Waals surface area contributed by atoms with Crippen molar-refractivity contribution in [1.29, 1.82) is 0 Å². The summed E-state index contributed by atoms with van der Waals surface area (Å²) in [6, 6.07) is 0. The second-order valence-corrected chi connectivity index (χ2v) is 4.79. The van der Waals surface area contributed by atoms with Crippen LogP contribution in [-0.4, -0.2) is 34.5 Å². The van der Waals surface area contributed by atoms with Crippen molar-refractivity contribution in [3.63, 3.8) is 0 Å². The molecule has 0 aromatic rings. The molecule has 1 aliphatic rings. The van der Waals surface area contributed by atoms with Gasteiger partial charge in [-0.25, -0.2) is 0 Å². The van der Waals surface area contributed by atoms with Gasteiger partial charge < -0.3 is 9.84 Å². The normalized spacial score (nSPS) is 36.1. The highest BCUT2D eigenvalue weighted by atomic mass is 35.5. The molecule has 4 unspecified atom stereocenters. The smallest absolute Gasteiger partial charge is 0.309 e. The average Bonchev–Trinajstić information content (AvgIpc) is 2.15. The predicted octanol–water partition coefficient (Wildman–Crippen LogP) is 2.27. The number of rotatable bonds is 4. The zero-order valence-corrected chi connectivity index (χ0v) is 9.75. The molecule has 0 aromatic heterocycles. The van der Waals surface area contributed by atoms with Crippen molar-refractivity contribution < 1.29 is 14.6 Å². The van der Waals surface area contributed by atoms with E-state index < -0.39 is 18.0 Å². The lowest BCUT2D eigenvalue weighted by Crippen LogP contribution is -2.44. The standard InChI is InChI=1S/C10H14Cl2O3/c1-2-3-15-9-7(10(13)14)4-6(11)5-8(9)12/h2,6-9H,1,3-5H2,(H,13,14). The molecule has 1 aliphatic carbocycles. The zero-order chi connectivity index (χ0) is 11.4. The maximum Gasteiger partial charge on any atom is 0.309 e. The molecule has 1 rings (SSSR count). The van der Waals surface area contributed by atoms with E-state index in [4.69, 9.17) is 33.0 Å². The Kier molecular flexibility index (Phi) is 4.90. The van der Waals surface area contributed by atoms with Gasteiger partial charge in [-0.2, -0.15) is 0 Å². The highest BCUT2D eigenvalue weighted by Gasteiger charge is 2.40. The number of alkyl halides is 2. The summed E-state index contributed by atoms with van der Waals surface area (Å²) < 4.78 is 5.38. The topological polar surface area (TPSA) is 46.5 Å². The highest BCUT2D eigenvalue weighted by Crippen LogP contribution is 2.33. The van der Waals surface area contributed by atoms with E-state index in [1.807, 2.05) is 0 Å². The van der Waals surface area contributed by atoms with Crippen LogP contribution in [0.4, 0.5) is 0 Å². The number of carboxylic acid groups (broad SMARTS) is 1. The van der Waals surface area contributed by atoms with Crippen LogP contribution in [0.2, 0.25) is 0 Å². The number of carbonyl (C=O) groups is 1. The van der Waals surface area contributed by atoms with Crippen LogP contribution in [0.3, 0.4) is 0 Å². The van der Waals surface area contributed by atoms with Crippen LogP contribution in [-0.2, 0) is 9.53 Å². The van der Waals surface area contributed by atoms with Crippen LogP contribution in [0.25, 0.3) is 0 Å². The van der Waals surface area contributed by atoms with Gasteiger partial charge in [0.15, 0.2) is 0 Å². The summed E-state index contributed by atoms with van der Waals surface area (Å²) in [5.41, 5.74) is 0. The first-order valence-electron chi connectivity index (χ1n) is 4.79. The van der Waals surface area contributed by atoms with Crippen LogP contribution < -0.4 is 0 Å². The van der Waals surface area contributed by atoms with E-state index in [-0.39, 0.29) is 10.8 Å². The maximum atomic E-state index is 11.0. The molecular weight excluding hydrogens is 239 g/mol. The van der Waals surface area contributed by atoms with E-state index in [1.165, 1.54) is 0 Å². The minimum absolute atomic E-state index is 0.183. The SMILES string of the molecule is C=CCOC1C(Cl)CC(Cl)CC1C(=O)O. The Morgan fingerprint density at radius 2 is 2.20 bits per heavy atom. The Morgan fingerprint density at radius 3 is 2.73 bits per heavy atom. The molecule has 15 heavy (non-hydrogen) atoms. The van der Waals surface area contributed by atoms with Gasteiger partial charge in [0.1, 0.15) is 0 Å². The number of carboxylic acids is 1. The molecule has 0 aliphatic heterocycles. The molecule has 0 bridgehead atoms. The summed E-state index contributed by atoms with van der Waals surface area (Å²) in [6.07, 6.45) is 2.09. The van der Waals surface area contributed by atoms with Gasteiger partial charge in [0.05, 0.1) is 24.0 Å². The van der Waals surface area contributed by atoms with E-state index >= 15 is 0 Å². The van der Waals surface area contributed by atoms with E-state index in [0.717, 1.165) is 0 Å². The molecular formula is C10H14Cl2O3. The summed E-state index contributed by atoms with van der Waals surface area (Å²) in [4.78, 5) is 11.0. The van der Waals surface area contributed by atoms with Gasteiger partial charge in [-0.15, -0.1) is 29.8 Å². The second-order valence-electron chi connectivity index (χ2n) is 3.62. The summed E-state index contributed by atoms with van der Waals surface area (Å²) in [5, 5.41) is 8.49. The third-order valence-corrected chi connectivity index (χ3v) is 3.25. The lowest BCUT2D eigenvalue weighted by Gasteiger charge is -2.34. The molecule has 4 atom stereocenters. The van der Waals surface area contributed by atoms with Gasteiger partial charge in [-0.05, 0) is 12.8 Å². The first-order chi connectivity index (χ1) is 7.06. The summed E-state index contributed by atoms with van der Waals surface area (Å²) in [5.74, 6) is -1.52. The number of halogens is 2. The number of aliphatic carboxylic acids is 1. The Labute approximate surface area is 99.0 Å². The van der Waals surface area contributed by atoms with Gasteiger partial charge in [0, 0.05) is 5.38 Å². The van der Waals surface area contributed by atoms with Crippen LogP contribution in [0, 0.1) is 5.92 Å². The fourth-order valence-electron chi connectivity index (χ4n) is 1.78. The Balaban J connectivity index is 2.68. The third-order valence-electron chi connectivity index (χ3n) is 2.47. The second kappa shape index (κ2) is 5.73. The number of hydrogen-bond donors (Lipinski definition) is 1. The van der Waals surface area contributed by atoms with Crippen molar-refractivity contribution in [2.75, 3.05) is 6.61 Å². The fraction of sp³-hybridized carbons (Fsp3) is 0.700. The molecule has 0 saturated heterocycles. The van der Waals surface area contributed by atoms with Crippen molar-refractivity contribution in [1.82, 2.24) is 0 Å². The van der Waals surface area contributed by atoms with E-state index in [1.54, 1.807) is 6.08 Å². The lowest BCUT2D eigenvalue weighted by atomic mass is 9.85. The number of ether oxygens (including phenoxy) is 1. The van der Waals surface area contributed by atoms with Gasteiger partial charge in [0.25, 0.3) is 0 Å². The van der Waals surface area contributed by atoms with Gasteiger partial charge in [-0.1, -0.05) is 6.08 Å². The molecule has 0 aromatic carbocycles. The first kappa shape index (κ1) is 12.8. The van der Waals surface area contributed by atoms with Crippen molar-refractivity contribution in [2.45, 2.75) is 29.7 Å². The molecule has 5 heteroatoms. The van der Waals surface area contributed by atoms with Crippen molar-refractivity contribution in [2.24, 2.45) is 5.92 Å². The van der Waals surface area contributed by atoms with Gasteiger partial charge in [-0.3, -0.25) is 4.79 Å². The van der Waals surface area contributed by atoms with Crippen molar-refractivity contribution >= 4 is 29.2 Å². The van der Waals surface area contributed by atoms with Gasteiger partial charge in [0.2, 0.25) is 0 Å². The Bertz CT molecular complexity index is 245. The van der Waals surface area contributed by atoms with Crippen molar-refractivity contribution in [3.8, 4) is 0 Å². The third kappa shape index (κ3) is 3.37. The highest BCUT2D eigenvalue weighted by molar-refractivity contribution is 6.24. The van der Waals surface area contributed by atoms with E-state index in [9.17, 15) is 4.79 Å². The minimum atomic E-state index is -0.903. The predicted molar refractivity (Wildman–Crippen MR) is 59.6 cm³/mol. The quantitative estimate of drug-likeness (QED) is 0.617. The monoisotopic (exact) mass is 252 g/mol. The summed E-state index contributed by atoms with van der Waals surface area (Å²) >= 11 is 12.0. The summed E-state index contributed by atoms with van der Waals surface area (Å²) in [6.45, 7) is 3.82. The Hall–Kier alpha value is -0.250. The van der Waals surface area contributed by atoms with E-state index in [2.05, 4.69) is 6.58 Å². The summed E-state index contributed by atoms with van der Waals surface area (Å²) in [7, 11) is 0. The minimum Gasteiger partial charge on any atom is -0.481 e. The first-order valence-corrected chi connectivity index (χ1v) is 5.67. The molecule has 0 heterocycles. The Morgan fingerprint density at radius 1 is 1.53 bits per heavy atom. The molecule has 1 fully saturated rings. The molecule has 1 saturated carbocycles. The van der Waals surface area contributed by atoms with Crippen LogP contribution in [0.1, 0.15) is 12.8 Å². The maximum absolute atomic E-state index is 11.0. The van der Waals surface area contributed by atoms with Crippen LogP contribution in [0.5, 0.6) is 0 Å². The van der Waals surface area contributed by atoms with Crippen molar-refractivity contribution in [3.05, 3.63) is 12.7 Å². The van der Waals surface area contributed by atoms with Crippen LogP contribution >= 0.6 is 23.2 Å². The molecule has 0 amide bonds. The zero-order valence-electron chi connectivity index (χ0n) is 8.23. The van der Waals surface area contributed by atoms with Crippen LogP contribution in [0.15, 0.2) is 12.7 Å².